The third-order valence-electron chi connectivity index (χ3n) is 6.42. The average Bonchev–Trinajstić information content (AvgIpc) is 2.84. The molecule has 1 aliphatic rings. The fraction of sp³-hybridized carbons (Fsp3) is 0.321. The molecule has 1 atom stereocenters. The molecule has 0 heterocycles. The molecule has 2 amide bonds. The SMILES string of the molecule is CC(NC(=O)N(Cc1ccccc1)c1ccc(C2CCCCC2)cc1)c1ccc(Br)cc1. The first-order chi connectivity index (χ1) is 15.6. The van der Waals surface area contributed by atoms with Crippen LogP contribution in [0.25, 0.3) is 0 Å². The zero-order chi connectivity index (χ0) is 22.3. The lowest BCUT2D eigenvalue weighted by Gasteiger charge is -2.27. The highest BCUT2D eigenvalue weighted by molar-refractivity contribution is 9.10. The second kappa shape index (κ2) is 10.8. The number of anilines is 1. The molecule has 0 spiro atoms. The van der Waals surface area contributed by atoms with Gasteiger partial charge in [-0.3, -0.25) is 4.90 Å². The van der Waals surface area contributed by atoms with E-state index in [9.17, 15) is 4.79 Å². The van der Waals surface area contributed by atoms with Gasteiger partial charge in [-0.25, -0.2) is 4.79 Å². The zero-order valence-electron chi connectivity index (χ0n) is 18.6. The number of halogens is 1. The highest BCUT2D eigenvalue weighted by Gasteiger charge is 2.20. The first kappa shape index (κ1) is 22.6. The van der Waals surface area contributed by atoms with Gasteiger partial charge in [0.2, 0.25) is 0 Å². The predicted octanol–water partition coefficient (Wildman–Crippen LogP) is 7.97. The molecule has 0 radical (unpaired) electrons. The Morgan fingerprint density at radius 3 is 2.25 bits per heavy atom. The van der Waals surface area contributed by atoms with Gasteiger partial charge in [0.1, 0.15) is 0 Å². The molecule has 4 heteroatoms. The van der Waals surface area contributed by atoms with Crippen LogP contribution in [0.15, 0.2) is 83.3 Å². The van der Waals surface area contributed by atoms with Crippen LogP contribution in [0, 0.1) is 0 Å². The molecule has 1 N–H and O–H groups in total. The highest BCUT2D eigenvalue weighted by atomic mass is 79.9. The van der Waals surface area contributed by atoms with Gasteiger partial charge in [-0.15, -0.1) is 0 Å². The van der Waals surface area contributed by atoms with Gasteiger partial charge in [-0.2, -0.15) is 0 Å². The molecular weight excluding hydrogens is 460 g/mol. The molecule has 1 unspecified atom stereocenters. The number of benzene rings is 3. The number of carbonyl (C=O) groups excluding carboxylic acids is 1. The Balaban J connectivity index is 1.53. The molecule has 3 aromatic carbocycles. The fourth-order valence-electron chi connectivity index (χ4n) is 4.51. The van der Waals surface area contributed by atoms with E-state index in [0.29, 0.717) is 12.5 Å². The molecule has 4 rings (SSSR count). The van der Waals surface area contributed by atoms with Crippen LogP contribution in [-0.2, 0) is 6.54 Å². The maximum atomic E-state index is 13.4. The Morgan fingerprint density at radius 2 is 1.59 bits per heavy atom. The van der Waals surface area contributed by atoms with E-state index in [1.807, 2.05) is 54.3 Å². The van der Waals surface area contributed by atoms with Crippen molar-refractivity contribution in [1.29, 1.82) is 0 Å². The Bertz CT molecular complexity index is 996. The topological polar surface area (TPSA) is 32.3 Å². The lowest BCUT2D eigenvalue weighted by Crippen LogP contribution is -2.40. The molecule has 3 nitrogen and oxygen atoms in total. The van der Waals surface area contributed by atoms with Gasteiger partial charge >= 0.3 is 6.03 Å². The van der Waals surface area contributed by atoms with Gasteiger partial charge in [0.15, 0.2) is 0 Å². The second-order valence-electron chi connectivity index (χ2n) is 8.72. The van der Waals surface area contributed by atoms with Crippen LogP contribution in [0.1, 0.15) is 67.7 Å². The van der Waals surface area contributed by atoms with Crippen molar-refractivity contribution in [2.45, 2.75) is 57.5 Å². The summed E-state index contributed by atoms with van der Waals surface area (Å²) in [6, 6.07) is 26.7. The summed E-state index contributed by atoms with van der Waals surface area (Å²) in [6.45, 7) is 2.55. The summed E-state index contributed by atoms with van der Waals surface area (Å²) >= 11 is 3.48. The van der Waals surface area contributed by atoms with Crippen molar-refractivity contribution in [3.63, 3.8) is 0 Å². The summed E-state index contributed by atoms with van der Waals surface area (Å²) < 4.78 is 1.03. The fourth-order valence-corrected chi connectivity index (χ4v) is 4.77. The highest BCUT2D eigenvalue weighted by Crippen LogP contribution is 2.33. The number of hydrogen-bond donors (Lipinski definition) is 1. The number of carbonyl (C=O) groups is 1. The van der Waals surface area contributed by atoms with E-state index in [1.165, 1.54) is 37.7 Å². The number of urea groups is 1. The maximum absolute atomic E-state index is 13.4. The summed E-state index contributed by atoms with van der Waals surface area (Å²) in [7, 11) is 0. The standard InChI is InChI=1S/C28H31BrN2O/c1-21(23-12-16-26(29)17-13-23)30-28(32)31(20-22-8-4-2-5-9-22)27-18-14-25(15-19-27)24-10-6-3-7-11-24/h2,4-5,8-9,12-19,21,24H,3,6-7,10-11,20H2,1H3,(H,30,32). The number of nitrogens with zero attached hydrogens (tertiary/aromatic N) is 1. The van der Waals surface area contributed by atoms with Crippen molar-refractivity contribution in [3.05, 3.63) is 100 Å². The number of amides is 2. The van der Waals surface area contributed by atoms with E-state index in [1.54, 1.807) is 0 Å². The molecule has 3 aromatic rings. The first-order valence-corrected chi connectivity index (χ1v) is 12.4. The Labute approximate surface area is 200 Å². The van der Waals surface area contributed by atoms with E-state index in [4.69, 9.17) is 0 Å². The van der Waals surface area contributed by atoms with E-state index < -0.39 is 0 Å². The Hall–Kier alpha value is -2.59. The Kier molecular flexibility index (Phi) is 7.64. The molecule has 1 aliphatic carbocycles. The summed E-state index contributed by atoms with van der Waals surface area (Å²) in [6.07, 6.45) is 6.55. The van der Waals surface area contributed by atoms with Gasteiger partial charge in [-0.05, 0) is 66.6 Å². The normalized spacial score (nSPS) is 15.2. The van der Waals surface area contributed by atoms with Crippen molar-refractivity contribution < 1.29 is 4.79 Å². The smallest absolute Gasteiger partial charge is 0.322 e. The lowest BCUT2D eigenvalue weighted by molar-refractivity contribution is 0.243. The van der Waals surface area contributed by atoms with Gasteiger partial charge in [0.05, 0.1) is 12.6 Å². The minimum Gasteiger partial charge on any atom is -0.331 e. The average molecular weight is 491 g/mol. The minimum absolute atomic E-state index is 0.0876. The summed E-state index contributed by atoms with van der Waals surface area (Å²) in [5, 5.41) is 3.18. The van der Waals surface area contributed by atoms with Gasteiger partial charge in [0, 0.05) is 10.2 Å². The molecule has 0 aliphatic heterocycles. The van der Waals surface area contributed by atoms with E-state index in [0.717, 1.165) is 21.3 Å². The molecule has 0 saturated heterocycles. The molecule has 32 heavy (non-hydrogen) atoms. The van der Waals surface area contributed by atoms with E-state index in [2.05, 4.69) is 57.6 Å². The van der Waals surface area contributed by atoms with Gasteiger partial charge < -0.3 is 5.32 Å². The summed E-state index contributed by atoms with van der Waals surface area (Å²) in [4.78, 5) is 15.2. The van der Waals surface area contributed by atoms with Crippen LogP contribution in [0.4, 0.5) is 10.5 Å². The van der Waals surface area contributed by atoms with Crippen LogP contribution >= 0.6 is 15.9 Å². The number of rotatable bonds is 6. The second-order valence-corrected chi connectivity index (χ2v) is 9.64. The van der Waals surface area contributed by atoms with Crippen LogP contribution in [-0.4, -0.2) is 6.03 Å². The van der Waals surface area contributed by atoms with Crippen molar-refractivity contribution in [1.82, 2.24) is 5.32 Å². The summed E-state index contributed by atoms with van der Waals surface area (Å²) in [5.74, 6) is 0.659. The maximum Gasteiger partial charge on any atom is 0.322 e. The quantitative estimate of drug-likeness (QED) is 0.373. The van der Waals surface area contributed by atoms with Crippen LogP contribution in [0.5, 0.6) is 0 Å². The van der Waals surface area contributed by atoms with E-state index in [-0.39, 0.29) is 12.1 Å². The molecule has 166 valence electrons. The van der Waals surface area contributed by atoms with Crippen LogP contribution in [0.2, 0.25) is 0 Å². The number of nitrogens with one attached hydrogen (secondary N) is 1. The van der Waals surface area contributed by atoms with Crippen molar-refractivity contribution in [3.8, 4) is 0 Å². The van der Waals surface area contributed by atoms with Gasteiger partial charge in [0.25, 0.3) is 0 Å². The zero-order valence-corrected chi connectivity index (χ0v) is 20.2. The van der Waals surface area contributed by atoms with Crippen LogP contribution in [0.3, 0.4) is 0 Å². The molecule has 0 bridgehead atoms. The first-order valence-electron chi connectivity index (χ1n) is 11.6. The molecular formula is C28H31BrN2O. The largest absolute Gasteiger partial charge is 0.331 e. The third kappa shape index (κ3) is 5.80. The van der Waals surface area contributed by atoms with Crippen molar-refractivity contribution >= 4 is 27.6 Å². The van der Waals surface area contributed by atoms with Crippen LogP contribution < -0.4 is 10.2 Å². The summed E-state index contributed by atoms with van der Waals surface area (Å²) in [5.41, 5.74) is 4.51. The molecule has 1 saturated carbocycles. The molecule has 0 aromatic heterocycles. The molecule has 1 fully saturated rings. The van der Waals surface area contributed by atoms with Gasteiger partial charge in [-0.1, -0.05) is 89.8 Å². The predicted molar refractivity (Wildman–Crippen MR) is 136 cm³/mol. The third-order valence-corrected chi connectivity index (χ3v) is 6.95. The van der Waals surface area contributed by atoms with Crippen molar-refractivity contribution in [2.75, 3.05) is 4.90 Å². The minimum atomic E-state index is -0.0883. The van der Waals surface area contributed by atoms with E-state index >= 15 is 0 Å². The lowest BCUT2D eigenvalue weighted by atomic mass is 9.84. The monoisotopic (exact) mass is 490 g/mol. The number of hydrogen-bond acceptors (Lipinski definition) is 1. The Morgan fingerprint density at radius 1 is 0.938 bits per heavy atom. The van der Waals surface area contributed by atoms with Crippen molar-refractivity contribution in [2.24, 2.45) is 0 Å².